The molecule has 2 amide bonds. The highest BCUT2D eigenvalue weighted by Crippen LogP contribution is 2.20. The van der Waals surface area contributed by atoms with Gasteiger partial charge in [-0.1, -0.05) is 30.3 Å². The van der Waals surface area contributed by atoms with E-state index in [0.29, 0.717) is 25.2 Å². The second kappa shape index (κ2) is 10.1. The molecule has 3 rings (SSSR count). The number of amides is 2. The topological polar surface area (TPSA) is 84.7 Å². The summed E-state index contributed by atoms with van der Waals surface area (Å²) >= 11 is 0. The molecule has 0 bridgehead atoms. The van der Waals surface area contributed by atoms with Crippen LogP contribution in [0.25, 0.3) is 0 Å². The average molecular weight is 396 g/mol. The lowest BCUT2D eigenvalue weighted by Crippen LogP contribution is -2.47. The average Bonchev–Trinajstić information content (AvgIpc) is 2.75. The van der Waals surface area contributed by atoms with E-state index < -0.39 is 6.04 Å². The molecule has 1 saturated heterocycles. The van der Waals surface area contributed by atoms with Crippen molar-refractivity contribution in [3.05, 3.63) is 65.7 Å². The molecule has 1 heterocycles. The van der Waals surface area contributed by atoms with Crippen LogP contribution in [0.4, 0.5) is 0 Å². The molecule has 1 fully saturated rings. The zero-order valence-corrected chi connectivity index (χ0v) is 16.8. The Morgan fingerprint density at radius 3 is 2.38 bits per heavy atom. The van der Waals surface area contributed by atoms with Gasteiger partial charge in [0.05, 0.1) is 6.04 Å². The highest BCUT2D eigenvalue weighted by Gasteiger charge is 2.25. The minimum absolute atomic E-state index is 0.00826. The summed E-state index contributed by atoms with van der Waals surface area (Å²) in [5.41, 5.74) is 7.48. The molecule has 1 atom stereocenters. The monoisotopic (exact) mass is 395 g/mol. The van der Waals surface area contributed by atoms with Gasteiger partial charge in [-0.25, -0.2) is 0 Å². The van der Waals surface area contributed by atoms with Gasteiger partial charge in [0.2, 0.25) is 5.91 Å². The molecule has 0 radical (unpaired) electrons. The van der Waals surface area contributed by atoms with E-state index in [4.69, 9.17) is 10.5 Å². The molecule has 0 unspecified atom stereocenters. The lowest BCUT2D eigenvalue weighted by atomic mass is 10.1. The van der Waals surface area contributed by atoms with Crippen LogP contribution in [0.3, 0.4) is 0 Å². The van der Waals surface area contributed by atoms with E-state index >= 15 is 0 Å². The Kier molecular flexibility index (Phi) is 7.25. The molecule has 6 heteroatoms. The largest absolute Gasteiger partial charge is 0.490 e. The first-order chi connectivity index (χ1) is 14.0. The fraction of sp³-hybridized carbons (Fsp3) is 0.391. The zero-order valence-electron chi connectivity index (χ0n) is 16.8. The number of hydrogen-bond acceptors (Lipinski definition) is 4. The van der Waals surface area contributed by atoms with Crippen molar-refractivity contribution in [2.45, 2.75) is 38.3 Å². The van der Waals surface area contributed by atoms with Gasteiger partial charge in [0.15, 0.2) is 0 Å². The van der Waals surface area contributed by atoms with E-state index in [1.54, 1.807) is 24.0 Å². The molecule has 1 aliphatic heterocycles. The van der Waals surface area contributed by atoms with Crippen molar-refractivity contribution in [3.8, 4) is 5.75 Å². The molecule has 154 valence electrons. The number of piperidine rings is 1. The summed E-state index contributed by atoms with van der Waals surface area (Å²) in [6, 6.07) is 16.8. The first-order valence-corrected chi connectivity index (χ1v) is 10.2. The van der Waals surface area contributed by atoms with Crippen LogP contribution >= 0.6 is 0 Å². The molecule has 6 nitrogen and oxygen atoms in total. The minimum atomic E-state index is -0.459. The molecule has 3 N–H and O–H groups in total. The summed E-state index contributed by atoms with van der Waals surface area (Å²) < 4.78 is 6.02. The van der Waals surface area contributed by atoms with E-state index in [1.165, 1.54) is 5.56 Å². The van der Waals surface area contributed by atoms with Gasteiger partial charge in [-0.2, -0.15) is 0 Å². The molecule has 1 aliphatic rings. The molecule has 0 spiro atoms. The molecule has 0 aliphatic carbocycles. The summed E-state index contributed by atoms with van der Waals surface area (Å²) in [6.45, 7) is 3.63. The van der Waals surface area contributed by atoms with Crippen molar-refractivity contribution < 1.29 is 14.3 Å². The van der Waals surface area contributed by atoms with Gasteiger partial charge < -0.3 is 20.7 Å². The van der Waals surface area contributed by atoms with Crippen LogP contribution in [0.15, 0.2) is 54.6 Å². The summed E-state index contributed by atoms with van der Waals surface area (Å²) in [6.07, 6.45) is 2.43. The van der Waals surface area contributed by atoms with Crippen molar-refractivity contribution >= 4 is 11.8 Å². The second-order valence-corrected chi connectivity index (χ2v) is 7.45. The van der Waals surface area contributed by atoms with Crippen LogP contribution in [-0.4, -0.2) is 48.5 Å². The molecule has 0 saturated carbocycles. The third-order valence-electron chi connectivity index (χ3n) is 5.10. The third kappa shape index (κ3) is 6.06. The lowest BCUT2D eigenvalue weighted by Gasteiger charge is -2.33. The van der Waals surface area contributed by atoms with Crippen molar-refractivity contribution in [2.75, 3.05) is 19.6 Å². The maximum absolute atomic E-state index is 12.3. The van der Waals surface area contributed by atoms with Gasteiger partial charge in [-0.15, -0.1) is 0 Å². The van der Waals surface area contributed by atoms with Gasteiger partial charge in [0, 0.05) is 38.0 Å². The van der Waals surface area contributed by atoms with Crippen LogP contribution in [0.2, 0.25) is 0 Å². The SMILES string of the molecule is C[C@@H](N)C(=O)N1CCC(Oc2ccc(C(=O)NCCc3ccccc3)cc2)CC1. The Labute approximate surface area is 172 Å². The highest BCUT2D eigenvalue weighted by atomic mass is 16.5. The number of nitrogens with two attached hydrogens (primary N) is 1. The molecule has 2 aromatic carbocycles. The number of nitrogens with one attached hydrogen (secondary N) is 1. The Bertz CT molecular complexity index is 798. The predicted octanol–water partition coefficient (Wildman–Crippen LogP) is 2.38. The van der Waals surface area contributed by atoms with Gasteiger partial charge in [-0.3, -0.25) is 9.59 Å². The van der Waals surface area contributed by atoms with Gasteiger partial charge >= 0.3 is 0 Å². The van der Waals surface area contributed by atoms with Crippen LogP contribution in [0.5, 0.6) is 5.75 Å². The van der Waals surface area contributed by atoms with Crippen LogP contribution in [0, 0.1) is 0 Å². The van der Waals surface area contributed by atoms with E-state index in [2.05, 4.69) is 17.4 Å². The smallest absolute Gasteiger partial charge is 0.251 e. The maximum atomic E-state index is 12.3. The maximum Gasteiger partial charge on any atom is 0.251 e. The predicted molar refractivity (Wildman–Crippen MR) is 113 cm³/mol. The number of nitrogens with zero attached hydrogens (tertiary/aromatic N) is 1. The number of ether oxygens (including phenoxy) is 1. The fourth-order valence-electron chi connectivity index (χ4n) is 3.43. The van der Waals surface area contributed by atoms with Crippen LogP contribution < -0.4 is 15.8 Å². The van der Waals surface area contributed by atoms with Gasteiger partial charge in [-0.05, 0) is 43.2 Å². The Morgan fingerprint density at radius 2 is 1.76 bits per heavy atom. The van der Waals surface area contributed by atoms with E-state index in [-0.39, 0.29) is 17.9 Å². The van der Waals surface area contributed by atoms with E-state index in [9.17, 15) is 9.59 Å². The lowest BCUT2D eigenvalue weighted by molar-refractivity contribution is -0.133. The van der Waals surface area contributed by atoms with Crippen LogP contribution in [0.1, 0.15) is 35.7 Å². The molecular weight excluding hydrogens is 366 g/mol. The third-order valence-corrected chi connectivity index (χ3v) is 5.10. The standard InChI is InChI=1S/C23H29N3O3/c1-17(24)23(28)26-15-12-21(13-16-26)29-20-9-7-19(8-10-20)22(27)25-14-11-18-5-3-2-4-6-18/h2-10,17,21H,11-16,24H2,1H3,(H,25,27)/t17-/m1/s1. The zero-order chi connectivity index (χ0) is 20.6. The fourth-order valence-corrected chi connectivity index (χ4v) is 3.43. The number of carbonyl (C=O) groups excluding carboxylic acids is 2. The second-order valence-electron chi connectivity index (χ2n) is 7.45. The number of carbonyl (C=O) groups is 2. The Balaban J connectivity index is 1.43. The summed E-state index contributed by atoms with van der Waals surface area (Å²) in [7, 11) is 0. The van der Waals surface area contributed by atoms with Crippen molar-refractivity contribution in [1.82, 2.24) is 10.2 Å². The van der Waals surface area contributed by atoms with Crippen molar-refractivity contribution in [1.29, 1.82) is 0 Å². The number of likely N-dealkylation sites (tertiary alicyclic amines) is 1. The molecule has 0 aromatic heterocycles. The van der Waals surface area contributed by atoms with E-state index in [1.807, 2.05) is 30.3 Å². The number of rotatable bonds is 7. The first kappa shape index (κ1) is 20.9. The van der Waals surface area contributed by atoms with Gasteiger partial charge in [0.1, 0.15) is 11.9 Å². The molecular formula is C23H29N3O3. The molecule has 29 heavy (non-hydrogen) atoms. The number of hydrogen-bond donors (Lipinski definition) is 2. The Hall–Kier alpha value is -2.86. The van der Waals surface area contributed by atoms with Crippen LogP contribution in [-0.2, 0) is 11.2 Å². The van der Waals surface area contributed by atoms with Crippen molar-refractivity contribution in [2.24, 2.45) is 5.73 Å². The molecule has 2 aromatic rings. The van der Waals surface area contributed by atoms with Gasteiger partial charge in [0.25, 0.3) is 5.91 Å². The first-order valence-electron chi connectivity index (χ1n) is 10.2. The summed E-state index contributed by atoms with van der Waals surface area (Å²) in [5, 5.41) is 2.95. The summed E-state index contributed by atoms with van der Waals surface area (Å²) in [4.78, 5) is 26.0. The quantitative estimate of drug-likeness (QED) is 0.754. The summed E-state index contributed by atoms with van der Waals surface area (Å²) in [5.74, 6) is 0.643. The Morgan fingerprint density at radius 1 is 1.10 bits per heavy atom. The highest BCUT2D eigenvalue weighted by molar-refractivity contribution is 5.94. The minimum Gasteiger partial charge on any atom is -0.490 e. The van der Waals surface area contributed by atoms with Crippen molar-refractivity contribution in [3.63, 3.8) is 0 Å². The number of benzene rings is 2. The normalized spacial score (nSPS) is 15.6. The van der Waals surface area contributed by atoms with E-state index in [0.717, 1.165) is 25.0 Å².